The summed E-state index contributed by atoms with van der Waals surface area (Å²) >= 11 is 1.66. The second kappa shape index (κ2) is 8.06. The molecule has 1 aliphatic heterocycles. The normalized spacial score (nSPS) is 21.7. The van der Waals surface area contributed by atoms with E-state index in [0.717, 1.165) is 6.54 Å². The van der Waals surface area contributed by atoms with Crippen LogP contribution in [0.2, 0.25) is 0 Å². The quantitative estimate of drug-likeness (QED) is 0.840. The molecule has 2 fully saturated rings. The summed E-state index contributed by atoms with van der Waals surface area (Å²) in [5.41, 5.74) is 0.660. The van der Waals surface area contributed by atoms with E-state index in [-0.39, 0.29) is 17.9 Å². The average Bonchev–Trinajstić information content (AvgIpc) is 3.11. The summed E-state index contributed by atoms with van der Waals surface area (Å²) < 4.78 is 0. The van der Waals surface area contributed by atoms with Gasteiger partial charge in [-0.15, -0.1) is 11.8 Å². The van der Waals surface area contributed by atoms with Crippen molar-refractivity contribution < 1.29 is 9.59 Å². The van der Waals surface area contributed by atoms with Gasteiger partial charge in [-0.1, -0.05) is 37.5 Å². The topological polar surface area (TPSA) is 40.6 Å². The van der Waals surface area contributed by atoms with Crippen LogP contribution in [0.3, 0.4) is 0 Å². The smallest absolute Gasteiger partial charge is 0.255 e. The first-order valence-corrected chi connectivity index (χ1v) is 10.0. The lowest BCUT2D eigenvalue weighted by Gasteiger charge is -2.31. The Morgan fingerprint density at radius 2 is 1.88 bits per heavy atom. The Balaban J connectivity index is 1.63. The number of likely N-dealkylation sites (N-methyl/N-ethyl adjacent to an activating group) is 1. The van der Waals surface area contributed by atoms with E-state index in [9.17, 15) is 9.59 Å². The van der Waals surface area contributed by atoms with E-state index in [1.807, 2.05) is 42.3 Å². The van der Waals surface area contributed by atoms with Crippen molar-refractivity contribution in [1.82, 2.24) is 9.80 Å². The Morgan fingerprint density at radius 3 is 2.58 bits per heavy atom. The molecule has 3 rings (SSSR count). The van der Waals surface area contributed by atoms with E-state index < -0.39 is 0 Å². The number of carbonyl (C=O) groups is 2. The fourth-order valence-corrected chi connectivity index (χ4v) is 4.84. The molecule has 130 valence electrons. The molecule has 0 bridgehead atoms. The zero-order chi connectivity index (χ0) is 16.9. The van der Waals surface area contributed by atoms with Crippen LogP contribution in [0.4, 0.5) is 0 Å². The number of thioether (sulfide) groups is 1. The van der Waals surface area contributed by atoms with Crippen molar-refractivity contribution in [3.05, 3.63) is 35.9 Å². The van der Waals surface area contributed by atoms with E-state index in [2.05, 4.69) is 0 Å². The molecule has 1 heterocycles. The fraction of sp³-hybridized carbons (Fsp3) is 0.579. The Labute approximate surface area is 148 Å². The fourth-order valence-electron chi connectivity index (χ4n) is 3.70. The Hall–Kier alpha value is -1.49. The highest BCUT2D eigenvalue weighted by molar-refractivity contribution is 7.99. The predicted octanol–water partition coefficient (Wildman–Crippen LogP) is 3.24. The van der Waals surface area contributed by atoms with Crippen LogP contribution < -0.4 is 0 Å². The minimum absolute atomic E-state index is 0.0370. The van der Waals surface area contributed by atoms with Crippen molar-refractivity contribution >= 4 is 23.6 Å². The van der Waals surface area contributed by atoms with Crippen molar-refractivity contribution in [3.8, 4) is 0 Å². The molecule has 0 radical (unpaired) electrons. The summed E-state index contributed by atoms with van der Waals surface area (Å²) in [5, 5.41) is 0. The van der Waals surface area contributed by atoms with Gasteiger partial charge in [0.15, 0.2) is 0 Å². The van der Waals surface area contributed by atoms with Gasteiger partial charge >= 0.3 is 0 Å². The molecule has 1 saturated carbocycles. The van der Waals surface area contributed by atoms with E-state index >= 15 is 0 Å². The number of carbonyl (C=O) groups excluding carboxylic acids is 2. The van der Waals surface area contributed by atoms with Gasteiger partial charge < -0.3 is 9.80 Å². The molecule has 0 spiro atoms. The summed E-state index contributed by atoms with van der Waals surface area (Å²) in [6, 6.07) is 8.94. The molecule has 5 heteroatoms. The molecular weight excluding hydrogens is 320 g/mol. The third-order valence-electron chi connectivity index (χ3n) is 5.08. The summed E-state index contributed by atoms with van der Waals surface area (Å²) in [6.07, 6.45) is 6.34. The number of amides is 2. The highest BCUT2D eigenvalue weighted by Crippen LogP contribution is 2.27. The molecule has 24 heavy (non-hydrogen) atoms. The lowest BCUT2D eigenvalue weighted by molar-refractivity contribution is -0.134. The minimum Gasteiger partial charge on any atom is -0.344 e. The highest BCUT2D eigenvalue weighted by Gasteiger charge is 2.37. The summed E-state index contributed by atoms with van der Waals surface area (Å²) in [6.45, 7) is 0.827. The largest absolute Gasteiger partial charge is 0.344 e. The van der Waals surface area contributed by atoms with Crippen LogP contribution in [0, 0.1) is 5.92 Å². The lowest BCUT2D eigenvalue weighted by Crippen LogP contribution is -2.48. The number of hydrogen-bond acceptors (Lipinski definition) is 3. The van der Waals surface area contributed by atoms with E-state index in [1.54, 1.807) is 16.7 Å². The SMILES string of the molecule is CN(CC1CCCCC1)C(=O)C1CSCN1C(=O)c1ccccc1. The van der Waals surface area contributed by atoms with E-state index in [1.165, 1.54) is 32.1 Å². The number of rotatable bonds is 4. The van der Waals surface area contributed by atoms with Gasteiger partial charge in [0, 0.05) is 24.9 Å². The maximum atomic E-state index is 12.9. The van der Waals surface area contributed by atoms with Crippen molar-refractivity contribution in [3.63, 3.8) is 0 Å². The van der Waals surface area contributed by atoms with Gasteiger partial charge in [0.1, 0.15) is 6.04 Å². The van der Waals surface area contributed by atoms with Crippen LogP contribution in [-0.2, 0) is 4.79 Å². The Bertz CT molecular complexity index is 572. The van der Waals surface area contributed by atoms with E-state index in [0.29, 0.717) is 23.1 Å². The maximum Gasteiger partial charge on any atom is 0.255 e. The predicted molar refractivity (Wildman–Crippen MR) is 97.9 cm³/mol. The Kier molecular flexibility index (Phi) is 5.82. The number of nitrogens with zero attached hydrogens (tertiary/aromatic N) is 2. The zero-order valence-corrected chi connectivity index (χ0v) is 15.1. The van der Waals surface area contributed by atoms with Gasteiger partial charge in [-0.3, -0.25) is 9.59 Å². The first kappa shape index (κ1) is 17.3. The van der Waals surface area contributed by atoms with Gasteiger partial charge in [0.25, 0.3) is 5.91 Å². The molecular formula is C19H26N2O2S. The third kappa shape index (κ3) is 3.94. The van der Waals surface area contributed by atoms with Crippen molar-refractivity contribution in [2.24, 2.45) is 5.92 Å². The molecule has 1 aliphatic carbocycles. The second-order valence-electron chi connectivity index (χ2n) is 6.88. The highest BCUT2D eigenvalue weighted by atomic mass is 32.2. The zero-order valence-electron chi connectivity index (χ0n) is 14.3. The molecule has 0 N–H and O–H groups in total. The molecule has 1 saturated heterocycles. The molecule has 0 aromatic heterocycles. The maximum absolute atomic E-state index is 12.9. The summed E-state index contributed by atoms with van der Waals surface area (Å²) in [5.74, 6) is 1.98. The van der Waals surface area contributed by atoms with Crippen molar-refractivity contribution in [1.29, 1.82) is 0 Å². The summed E-state index contributed by atoms with van der Waals surface area (Å²) in [4.78, 5) is 29.2. The van der Waals surface area contributed by atoms with Crippen LogP contribution >= 0.6 is 11.8 Å². The molecule has 2 amide bonds. The molecule has 1 aromatic carbocycles. The van der Waals surface area contributed by atoms with Gasteiger partial charge in [0.2, 0.25) is 5.91 Å². The van der Waals surface area contributed by atoms with Gasteiger partial charge in [-0.2, -0.15) is 0 Å². The Morgan fingerprint density at radius 1 is 1.17 bits per heavy atom. The van der Waals surface area contributed by atoms with Gasteiger partial charge in [-0.05, 0) is 30.9 Å². The number of benzene rings is 1. The third-order valence-corrected chi connectivity index (χ3v) is 6.09. The molecule has 4 nitrogen and oxygen atoms in total. The lowest BCUT2D eigenvalue weighted by atomic mass is 9.89. The number of hydrogen-bond donors (Lipinski definition) is 0. The van der Waals surface area contributed by atoms with Crippen molar-refractivity contribution in [2.45, 2.75) is 38.1 Å². The van der Waals surface area contributed by atoms with Gasteiger partial charge in [0.05, 0.1) is 5.88 Å². The van der Waals surface area contributed by atoms with E-state index in [4.69, 9.17) is 0 Å². The first-order chi connectivity index (χ1) is 11.7. The average molecular weight is 346 g/mol. The minimum atomic E-state index is -0.323. The van der Waals surface area contributed by atoms with Crippen LogP contribution in [0.1, 0.15) is 42.5 Å². The standard InChI is InChI=1S/C19H26N2O2S/c1-20(12-15-8-4-2-5-9-15)19(23)17-13-24-14-21(17)18(22)16-10-6-3-7-11-16/h3,6-7,10-11,15,17H,2,4-5,8-9,12-14H2,1H3. The van der Waals surface area contributed by atoms with Crippen LogP contribution in [0.15, 0.2) is 30.3 Å². The van der Waals surface area contributed by atoms with Gasteiger partial charge in [-0.25, -0.2) is 0 Å². The molecule has 1 aromatic rings. The molecule has 1 unspecified atom stereocenters. The van der Waals surface area contributed by atoms with Crippen LogP contribution in [0.25, 0.3) is 0 Å². The molecule has 2 aliphatic rings. The van der Waals surface area contributed by atoms with Crippen LogP contribution in [-0.4, -0.2) is 52.9 Å². The second-order valence-corrected chi connectivity index (χ2v) is 7.88. The van der Waals surface area contributed by atoms with Crippen molar-refractivity contribution in [2.75, 3.05) is 25.2 Å². The first-order valence-electron chi connectivity index (χ1n) is 8.85. The summed E-state index contributed by atoms with van der Waals surface area (Å²) in [7, 11) is 1.89. The van der Waals surface area contributed by atoms with Crippen LogP contribution in [0.5, 0.6) is 0 Å². The molecule has 1 atom stereocenters. The monoisotopic (exact) mass is 346 g/mol.